The maximum Gasteiger partial charge on any atom is 0.266 e. The van der Waals surface area contributed by atoms with E-state index in [4.69, 9.17) is 20.1 Å². The molecule has 0 amide bonds. The third kappa shape index (κ3) is 10.2. The van der Waals surface area contributed by atoms with Crippen LogP contribution in [0.5, 0.6) is 5.75 Å². The predicted octanol–water partition coefficient (Wildman–Crippen LogP) is 1.66. The number of rotatable bonds is 15. The van der Waals surface area contributed by atoms with Crippen molar-refractivity contribution >= 4 is 37.1 Å². The van der Waals surface area contributed by atoms with Crippen LogP contribution in [0.25, 0.3) is 22.6 Å². The van der Waals surface area contributed by atoms with Crippen LogP contribution in [0.3, 0.4) is 0 Å². The Morgan fingerprint density at radius 2 is 1.74 bits per heavy atom. The highest BCUT2D eigenvalue weighted by Crippen LogP contribution is 2.33. The third-order valence-electron chi connectivity index (χ3n) is 7.08. The largest absolute Gasteiger partial charge is 0.490 e. The van der Waals surface area contributed by atoms with Crippen molar-refractivity contribution in [1.82, 2.24) is 29.7 Å². The molecule has 0 radical (unpaired) electrons. The highest BCUT2D eigenvalue weighted by Gasteiger charge is 2.26. The van der Waals surface area contributed by atoms with Gasteiger partial charge < -0.3 is 20.1 Å². The van der Waals surface area contributed by atoms with Gasteiger partial charge in [-0.05, 0) is 55.4 Å². The minimum Gasteiger partial charge on any atom is -0.490 e. The molecule has 1 aromatic carbocycles. The Morgan fingerprint density at radius 3 is 2.30 bits per heavy atom. The van der Waals surface area contributed by atoms with Crippen LogP contribution in [-0.2, 0) is 33.2 Å². The van der Waals surface area contributed by atoms with Gasteiger partial charge in [0.05, 0.1) is 24.3 Å². The Bertz CT molecular complexity index is 1930. The van der Waals surface area contributed by atoms with Crippen molar-refractivity contribution in [1.29, 1.82) is 0 Å². The molecule has 3 aromatic heterocycles. The monoisotopic (exact) mass is 691 g/mol. The fourth-order valence-electron chi connectivity index (χ4n) is 4.91. The van der Waals surface area contributed by atoms with Crippen molar-refractivity contribution in [2.75, 3.05) is 36.9 Å². The number of hydrogen-bond donors (Lipinski definition) is 4. The zero-order chi connectivity index (χ0) is 34.4. The molecule has 0 saturated heterocycles. The molecule has 3 heterocycles. The second kappa shape index (κ2) is 14.8. The van der Waals surface area contributed by atoms with Crippen molar-refractivity contribution in [3.63, 3.8) is 0 Å². The molecule has 1 unspecified atom stereocenters. The molecule has 47 heavy (non-hydrogen) atoms. The van der Waals surface area contributed by atoms with Gasteiger partial charge in [-0.3, -0.25) is 14.0 Å². The highest BCUT2D eigenvalue weighted by atomic mass is 32.2. The lowest BCUT2D eigenvalue weighted by atomic mass is 10.0. The third-order valence-corrected chi connectivity index (χ3v) is 8.47. The summed E-state index contributed by atoms with van der Waals surface area (Å²) in [6, 6.07) is 8.82. The number of nitrogen functional groups attached to an aromatic ring is 1. The summed E-state index contributed by atoms with van der Waals surface area (Å²) < 4.78 is 78.1. The number of aromatic nitrogens is 5. The maximum atomic E-state index is 11.6. The van der Waals surface area contributed by atoms with E-state index in [1.807, 2.05) is 37.3 Å². The number of aliphatic hydroxyl groups is 1. The van der Waals surface area contributed by atoms with Crippen LogP contribution in [-0.4, -0.2) is 104 Å². The molecule has 5 N–H and O–H groups in total. The number of hydrogen-bond acceptors (Lipinski definition) is 13. The normalized spacial score (nSPS) is 13.1. The van der Waals surface area contributed by atoms with Gasteiger partial charge in [0.1, 0.15) is 22.3 Å². The van der Waals surface area contributed by atoms with Gasteiger partial charge in [0.15, 0.2) is 23.1 Å². The number of pyridine rings is 1. The second-order valence-corrected chi connectivity index (χ2v) is 14.4. The average molecular weight is 692 g/mol. The molecule has 0 spiro atoms. The van der Waals surface area contributed by atoms with Gasteiger partial charge in [0.25, 0.3) is 20.2 Å². The number of aryl methyl sites for hydroxylation is 1. The number of nitrogens with two attached hydrogens (primary N) is 1. The van der Waals surface area contributed by atoms with E-state index >= 15 is 0 Å². The summed E-state index contributed by atoms with van der Waals surface area (Å²) in [7, 11) is -8.73. The zero-order valence-corrected chi connectivity index (χ0v) is 27.7. The number of imidazole rings is 1. The quantitative estimate of drug-likeness (QED) is 0.102. The average Bonchev–Trinajstić information content (AvgIpc) is 3.58. The van der Waals surface area contributed by atoms with E-state index in [9.17, 15) is 31.0 Å². The number of fused-ring (bicyclic) bond motifs is 1. The minimum atomic E-state index is -4.37. The summed E-state index contributed by atoms with van der Waals surface area (Å²) in [5, 5.41) is 17.7. The van der Waals surface area contributed by atoms with Crippen LogP contribution in [0.2, 0.25) is 0 Å². The SMILES string of the molecule is CCn1c(-c2nonc2N)nc2c(C#CC(C)(C)O)ncc(OCCC(Cc3ccccc3)N(CCS(=O)(=O)O)CCS(=O)(=O)O)c21. The van der Waals surface area contributed by atoms with Crippen molar-refractivity contribution in [3.8, 4) is 29.1 Å². The van der Waals surface area contributed by atoms with Gasteiger partial charge in [0, 0.05) is 25.7 Å². The number of anilines is 1. The number of benzene rings is 1. The summed E-state index contributed by atoms with van der Waals surface area (Å²) in [6.45, 7) is 5.03. The first-order valence-corrected chi connectivity index (χ1v) is 17.8. The molecular weight excluding hydrogens is 654 g/mol. The molecular formula is C29H37N7O9S2. The van der Waals surface area contributed by atoms with E-state index in [1.54, 1.807) is 9.47 Å². The first kappa shape index (κ1) is 35.7. The Kier molecular flexibility index (Phi) is 11.2. The summed E-state index contributed by atoms with van der Waals surface area (Å²) in [4.78, 5) is 10.7. The van der Waals surface area contributed by atoms with E-state index in [-0.39, 0.29) is 43.3 Å². The molecule has 1 atom stereocenters. The van der Waals surface area contributed by atoms with E-state index in [1.165, 1.54) is 20.0 Å². The summed E-state index contributed by atoms with van der Waals surface area (Å²) >= 11 is 0. The molecule has 4 aromatic rings. The van der Waals surface area contributed by atoms with Crippen molar-refractivity contribution in [2.24, 2.45) is 0 Å². The Hall–Kier alpha value is -4.12. The van der Waals surface area contributed by atoms with Gasteiger partial charge in [-0.25, -0.2) is 14.6 Å². The topological polar surface area (TPSA) is 237 Å². The predicted molar refractivity (Wildman–Crippen MR) is 173 cm³/mol. The molecule has 254 valence electrons. The Balaban J connectivity index is 1.71. The van der Waals surface area contributed by atoms with Gasteiger partial charge >= 0.3 is 0 Å². The standard InChI is InChI=1S/C29H37N7O9S2/c1-4-36-26-23(19-31-22(10-12-29(2,3)37)24(26)32-28(36)25-27(30)34-45-33-25)44-15-11-21(18-20-8-6-5-7-9-20)35(13-16-46(38,39)40)14-17-47(41,42)43/h5-9,19,21,37H,4,11,13-18H2,1-3H3,(H2,30,34)(H,38,39,40)(H,41,42,43). The lowest BCUT2D eigenvalue weighted by molar-refractivity contribution is 0.143. The van der Waals surface area contributed by atoms with E-state index in [2.05, 4.69) is 27.1 Å². The smallest absolute Gasteiger partial charge is 0.266 e. The Morgan fingerprint density at radius 1 is 1.09 bits per heavy atom. The maximum absolute atomic E-state index is 11.6. The van der Waals surface area contributed by atoms with Crippen molar-refractivity contribution in [3.05, 3.63) is 47.8 Å². The van der Waals surface area contributed by atoms with E-state index < -0.39 is 43.4 Å². The zero-order valence-electron chi connectivity index (χ0n) is 26.1. The fourth-order valence-corrected chi connectivity index (χ4v) is 5.84. The van der Waals surface area contributed by atoms with Gasteiger partial charge in [-0.1, -0.05) is 36.3 Å². The molecule has 4 rings (SSSR count). The molecule has 0 bridgehead atoms. The van der Waals surface area contributed by atoms with E-state index in [0.29, 0.717) is 35.6 Å². The molecule has 18 heteroatoms. The number of nitrogens with zero attached hydrogens (tertiary/aromatic N) is 6. The van der Waals surface area contributed by atoms with Crippen LogP contribution in [0.15, 0.2) is 41.2 Å². The lowest BCUT2D eigenvalue weighted by Crippen LogP contribution is -2.43. The molecule has 0 fully saturated rings. The second-order valence-electron chi connectivity index (χ2n) is 11.2. The van der Waals surface area contributed by atoms with Gasteiger partial charge in [0.2, 0.25) is 0 Å². The van der Waals surface area contributed by atoms with Crippen molar-refractivity contribution in [2.45, 2.75) is 51.8 Å². The summed E-state index contributed by atoms with van der Waals surface area (Å²) in [6.07, 6.45) is 2.13. The molecule has 0 saturated carbocycles. The molecule has 0 aliphatic heterocycles. The van der Waals surface area contributed by atoms with Crippen LogP contribution in [0.4, 0.5) is 5.82 Å². The van der Waals surface area contributed by atoms with Crippen LogP contribution >= 0.6 is 0 Å². The highest BCUT2D eigenvalue weighted by molar-refractivity contribution is 7.86. The lowest BCUT2D eigenvalue weighted by Gasteiger charge is -2.31. The molecule has 16 nitrogen and oxygen atoms in total. The first-order chi connectivity index (χ1) is 22.0. The van der Waals surface area contributed by atoms with Crippen LogP contribution < -0.4 is 10.5 Å². The summed E-state index contributed by atoms with van der Waals surface area (Å²) in [5.74, 6) is 5.00. The van der Waals surface area contributed by atoms with E-state index in [0.717, 1.165) is 5.56 Å². The summed E-state index contributed by atoms with van der Waals surface area (Å²) in [5.41, 5.74) is 6.90. The Labute approximate surface area is 272 Å². The first-order valence-electron chi connectivity index (χ1n) is 14.6. The van der Waals surface area contributed by atoms with Gasteiger partial charge in [-0.2, -0.15) is 16.8 Å². The molecule has 0 aliphatic rings. The minimum absolute atomic E-state index is 0.0215. The molecule has 0 aliphatic carbocycles. The van der Waals surface area contributed by atoms with Crippen LogP contribution in [0.1, 0.15) is 38.4 Å². The van der Waals surface area contributed by atoms with Crippen LogP contribution in [0, 0.1) is 11.8 Å². The van der Waals surface area contributed by atoms with Crippen molar-refractivity contribution < 1.29 is 40.4 Å². The fraction of sp³-hybridized carbons (Fsp3) is 0.448. The number of ether oxygens (including phenoxy) is 1. The van der Waals surface area contributed by atoms with Gasteiger partial charge in [-0.15, -0.1) is 0 Å².